The van der Waals surface area contributed by atoms with E-state index in [9.17, 15) is 19.5 Å². The molecule has 0 N–H and O–H groups in total. The summed E-state index contributed by atoms with van der Waals surface area (Å²) in [6, 6.07) is 17.8. The molecule has 6 rings (SSSR count). The average Bonchev–Trinajstić information content (AvgIpc) is 3.29. The van der Waals surface area contributed by atoms with Gasteiger partial charge in [-0.05, 0) is 41.1 Å². The molecule has 0 bridgehead atoms. The third-order valence-corrected chi connectivity index (χ3v) is 7.01. The zero-order valence-electron chi connectivity index (χ0n) is 22.0. The minimum Gasteiger partial charge on any atom is -0.545 e. The molecule has 0 saturated carbocycles. The van der Waals surface area contributed by atoms with Crippen LogP contribution in [0.1, 0.15) is 10.4 Å². The van der Waals surface area contributed by atoms with Crippen LogP contribution in [0.5, 0.6) is 17.5 Å². The summed E-state index contributed by atoms with van der Waals surface area (Å²) in [6.07, 6.45) is 0. The number of hydrogen-bond acceptors (Lipinski definition) is 8. The Hall–Kier alpha value is -5.45. The molecular weight excluding hydrogens is 514 g/mol. The Morgan fingerprint density at radius 1 is 0.875 bits per heavy atom. The molecule has 0 saturated heterocycles. The van der Waals surface area contributed by atoms with E-state index >= 15 is 0 Å². The van der Waals surface area contributed by atoms with E-state index in [0.29, 0.717) is 33.7 Å². The van der Waals surface area contributed by atoms with Crippen molar-refractivity contribution >= 4 is 38.8 Å². The highest BCUT2D eigenvalue weighted by atomic mass is 16.5. The lowest BCUT2D eigenvalue weighted by molar-refractivity contribution is -0.254. The van der Waals surface area contributed by atoms with E-state index in [0.717, 1.165) is 15.3 Å². The first kappa shape index (κ1) is 24.9. The quantitative estimate of drug-likeness (QED) is 0.307. The van der Waals surface area contributed by atoms with Gasteiger partial charge < -0.3 is 19.4 Å². The second-order valence-corrected chi connectivity index (χ2v) is 9.32. The second kappa shape index (κ2) is 9.09. The fraction of sp³-hybridized carbons (Fsp3) is 0.138. The fourth-order valence-corrected chi connectivity index (χ4v) is 4.92. The highest BCUT2D eigenvalue weighted by molar-refractivity contribution is 6.15. The van der Waals surface area contributed by atoms with E-state index in [1.165, 1.54) is 36.4 Å². The van der Waals surface area contributed by atoms with E-state index in [-0.39, 0.29) is 22.7 Å². The standard InChI is InChI=1S/C29H23N5O6/c1-32-24-25(33(2)29(38)34(3)26(24)35)31-28(32)40-21-12-10-16(13-22(21)39-4)20-14-18(27(36)37)23-17-8-6-5-7-15(17)9-11-19(23)30-20/h5-14H,1-4H3,(H,36,37)/p-1. The van der Waals surface area contributed by atoms with Crippen molar-refractivity contribution in [3.63, 3.8) is 0 Å². The minimum atomic E-state index is -1.31. The molecule has 200 valence electrons. The van der Waals surface area contributed by atoms with Gasteiger partial charge in [0.05, 0.1) is 24.3 Å². The first-order chi connectivity index (χ1) is 19.2. The molecule has 0 atom stereocenters. The Morgan fingerprint density at radius 3 is 2.40 bits per heavy atom. The van der Waals surface area contributed by atoms with Crippen LogP contribution in [0.3, 0.4) is 0 Å². The minimum absolute atomic E-state index is 0.0305. The van der Waals surface area contributed by atoms with Gasteiger partial charge in [0.1, 0.15) is 0 Å². The van der Waals surface area contributed by atoms with Gasteiger partial charge in [-0.2, -0.15) is 4.98 Å². The number of carboxylic acid groups (broad SMARTS) is 1. The van der Waals surface area contributed by atoms with Crippen molar-refractivity contribution in [2.45, 2.75) is 0 Å². The molecule has 3 aromatic carbocycles. The highest BCUT2D eigenvalue weighted by Crippen LogP contribution is 2.37. The molecule has 0 spiro atoms. The normalized spacial score (nSPS) is 11.4. The Labute approximate surface area is 226 Å². The van der Waals surface area contributed by atoms with Crippen molar-refractivity contribution in [1.29, 1.82) is 0 Å². The summed E-state index contributed by atoms with van der Waals surface area (Å²) in [5.74, 6) is -0.695. The van der Waals surface area contributed by atoms with Crippen LogP contribution in [0.25, 0.3) is 44.1 Å². The first-order valence-corrected chi connectivity index (χ1v) is 12.2. The molecule has 11 heteroatoms. The molecule has 0 fully saturated rings. The smallest absolute Gasteiger partial charge is 0.332 e. The maximum absolute atomic E-state index is 12.7. The Balaban J connectivity index is 1.46. The van der Waals surface area contributed by atoms with Gasteiger partial charge in [0, 0.05) is 37.7 Å². The molecule has 0 aliphatic carbocycles. The topological polar surface area (TPSA) is 133 Å². The van der Waals surface area contributed by atoms with E-state index < -0.39 is 17.2 Å². The van der Waals surface area contributed by atoms with Crippen molar-refractivity contribution in [2.24, 2.45) is 21.1 Å². The number of aromatic nitrogens is 5. The Morgan fingerprint density at radius 2 is 1.65 bits per heavy atom. The molecule has 11 nitrogen and oxygen atoms in total. The average molecular weight is 537 g/mol. The number of carbonyl (C=O) groups excluding carboxylic acids is 1. The lowest BCUT2D eigenvalue weighted by Gasteiger charge is -2.14. The molecule has 0 aliphatic heterocycles. The largest absolute Gasteiger partial charge is 0.545 e. The number of methoxy groups -OCH3 is 1. The van der Waals surface area contributed by atoms with Crippen LogP contribution < -0.4 is 25.8 Å². The molecule has 0 radical (unpaired) electrons. The second-order valence-electron chi connectivity index (χ2n) is 9.32. The number of pyridine rings is 1. The third-order valence-electron chi connectivity index (χ3n) is 7.01. The number of ether oxygens (including phenoxy) is 2. The fourth-order valence-electron chi connectivity index (χ4n) is 4.92. The van der Waals surface area contributed by atoms with Crippen molar-refractivity contribution in [1.82, 2.24) is 23.7 Å². The molecule has 0 aliphatic rings. The number of aryl methyl sites for hydroxylation is 2. The van der Waals surface area contributed by atoms with Gasteiger partial charge >= 0.3 is 11.7 Å². The van der Waals surface area contributed by atoms with Crippen LogP contribution in [0.2, 0.25) is 0 Å². The van der Waals surface area contributed by atoms with Crippen LogP contribution >= 0.6 is 0 Å². The number of benzene rings is 3. The van der Waals surface area contributed by atoms with Gasteiger partial charge in [-0.15, -0.1) is 0 Å². The van der Waals surface area contributed by atoms with Crippen LogP contribution in [0.4, 0.5) is 0 Å². The maximum Gasteiger partial charge on any atom is 0.332 e. The summed E-state index contributed by atoms with van der Waals surface area (Å²) in [5, 5.41) is 14.4. The number of fused-ring (bicyclic) bond motifs is 4. The lowest BCUT2D eigenvalue weighted by Crippen LogP contribution is -2.37. The van der Waals surface area contributed by atoms with Crippen molar-refractivity contribution in [2.75, 3.05) is 7.11 Å². The number of rotatable bonds is 5. The van der Waals surface area contributed by atoms with E-state index in [1.54, 1.807) is 31.3 Å². The van der Waals surface area contributed by atoms with Crippen LogP contribution in [0, 0.1) is 0 Å². The van der Waals surface area contributed by atoms with Gasteiger partial charge in [-0.3, -0.25) is 18.5 Å². The Kier molecular flexibility index (Phi) is 5.65. The van der Waals surface area contributed by atoms with Crippen molar-refractivity contribution in [3.8, 4) is 28.8 Å². The summed E-state index contributed by atoms with van der Waals surface area (Å²) in [4.78, 5) is 46.3. The van der Waals surface area contributed by atoms with Crippen LogP contribution in [-0.2, 0) is 21.1 Å². The highest BCUT2D eigenvalue weighted by Gasteiger charge is 2.20. The molecule has 40 heavy (non-hydrogen) atoms. The summed E-state index contributed by atoms with van der Waals surface area (Å²) < 4.78 is 15.3. The number of hydrogen-bond donors (Lipinski definition) is 0. The number of nitrogens with zero attached hydrogens (tertiary/aromatic N) is 5. The van der Waals surface area contributed by atoms with Gasteiger partial charge in [0.25, 0.3) is 5.56 Å². The van der Waals surface area contributed by atoms with Gasteiger partial charge in [-0.1, -0.05) is 30.3 Å². The molecule has 0 amide bonds. The number of carboxylic acids is 1. The molecule has 6 aromatic rings. The summed E-state index contributed by atoms with van der Waals surface area (Å²) in [7, 11) is 6.00. The van der Waals surface area contributed by atoms with Crippen LogP contribution in [0.15, 0.2) is 70.3 Å². The van der Waals surface area contributed by atoms with E-state index in [2.05, 4.69) is 4.98 Å². The predicted octanol–water partition coefficient (Wildman–Crippen LogP) is 2.50. The van der Waals surface area contributed by atoms with E-state index in [1.807, 2.05) is 30.3 Å². The maximum atomic E-state index is 12.7. The van der Waals surface area contributed by atoms with Crippen LogP contribution in [-0.4, -0.2) is 36.7 Å². The summed E-state index contributed by atoms with van der Waals surface area (Å²) >= 11 is 0. The summed E-state index contributed by atoms with van der Waals surface area (Å²) in [5.41, 5.74) is 0.933. The van der Waals surface area contributed by atoms with Crippen molar-refractivity contribution < 1.29 is 19.4 Å². The predicted molar refractivity (Wildman–Crippen MR) is 147 cm³/mol. The number of aromatic carboxylic acids is 1. The first-order valence-electron chi connectivity index (χ1n) is 12.2. The lowest BCUT2D eigenvalue weighted by atomic mass is 9.98. The Bertz CT molecular complexity index is 2140. The monoisotopic (exact) mass is 536 g/mol. The van der Waals surface area contributed by atoms with Gasteiger partial charge in [0.15, 0.2) is 22.7 Å². The van der Waals surface area contributed by atoms with Gasteiger partial charge in [-0.25, -0.2) is 9.78 Å². The zero-order valence-corrected chi connectivity index (χ0v) is 22.0. The SMILES string of the molecule is COc1cc(-c2cc(C(=O)[O-])c3c(ccc4ccccc43)n2)ccc1Oc1nc2c(c(=O)n(C)c(=O)n2C)n1C. The third kappa shape index (κ3) is 3.70. The summed E-state index contributed by atoms with van der Waals surface area (Å²) in [6.45, 7) is 0. The molecular formula is C29H22N5O6-. The number of carbonyl (C=O) groups is 1. The molecule has 3 heterocycles. The van der Waals surface area contributed by atoms with E-state index in [4.69, 9.17) is 14.5 Å². The van der Waals surface area contributed by atoms with Crippen molar-refractivity contribution in [3.05, 3.63) is 87.1 Å². The number of imidazole rings is 1. The molecule has 3 aromatic heterocycles. The molecule has 0 unspecified atom stereocenters. The van der Waals surface area contributed by atoms with Gasteiger partial charge in [0.2, 0.25) is 0 Å². The zero-order chi connectivity index (χ0) is 28.3.